The minimum atomic E-state index is -0.580. The lowest BCUT2D eigenvalue weighted by atomic mass is 9.75. The van der Waals surface area contributed by atoms with Gasteiger partial charge in [-0.2, -0.15) is 10.5 Å². The molecule has 0 saturated carbocycles. The van der Waals surface area contributed by atoms with Gasteiger partial charge in [0.1, 0.15) is 16.9 Å². The van der Waals surface area contributed by atoms with Gasteiger partial charge in [-0.3, -0.25) is 9.69 Å². The van der Waals surface area contributed by atoms with E-state index in [1.807, 2.05) is 23.1 Å². The number of nitrogens with two attached hydrogens (primary N) is 1. The van der Waals surface area contributed by atoms with Crippen molar-refractivity contribution < 1.29 is 14.3 Å². The average molecular weight is 498 g/mol. The molecule has 6 aliphatic rings. The molecule has 36 heavy (non-hydrogen) atoms. The number of allylic oxidation sites excluding steroid dienone is 3. The summed E-state index contributed by atoms with van der Waals surface area (Å²) in [7, 11) is 0. The van der Waals surface area contributed by atoms with E-state index in [0.29, 0.717) is 59.2 Å². The zero-order valence-electron chi connectivity index (χ0n) is 19.5. The molecule has 8 nitrogen and oxygen atoms in total. The minimum absolute atomic E-state index is 0.0211. The summed E-state index contributed by atoms with van der Waals surface area (Å²) in [5, 5.41) is 22.5. The van der Waals surface area contributed by atoms with Crippen molar-refractivity contribution in [2.75, 3.05) is 29.7 Å². The van der Waals surface area contributed by atoms with Gasteiger partial charge < -0.3 is 20.1 Å². The summed E-state index contributed by atoms with van der Waals surface area (Å²) in [4.78, 5) is 17.7. The van der Waals surface area contributed by atoms with Gasteiger partial charge in [-0.05, 0) is 49.3 Å². The van der Waals surface area contributed by atoms with Gasteiger partial charge in [-0.1, -0.05) is 17.4 Å². The van der Waals surface area contributed by atoms with Crippen molar-refractivity contribution in [2.45, 2.75) is 43.9 Å². The first-order valence-electron chi connectivity index (χ1n) is 12.3. The van der Waals surface area contributed by atoms with Crippen molar-refractivity contribution in [3.8, 4) is 23.6 Å². The van der Waals surface area contributed by atoms with Crippen LogP contribution >= 0.6 is 11.3 Å². The fourth-order valence-corrected chi connectivity index (χ4v) is 7.85. The van der Waals surface area contributed by atoms with Crippen molar-refractivity contribution in [3.63, 3.8) is 0 Å². The van der Waals surface area contributed by atoms with Gasteiger partial charge in [0.15, 0.2) is 17.3 Å². The molecule has 5 aliphatic heterocycles. The number of benzene rings is 1. The first kappa shape index (κ1) is 21.3. The van der Waals surface area contributed by atoms with Crippen LogP contribution in [0, 0.1) is 22.7 Å². The van der Waals surface area contributed by atoms with Crippen LogP contribution in [0.1, 0.15) is 60.6 Å². The van der Waals surface area contributed by atoms with E-state index in [4.69, 9.17) is 15.2 Å². The number of ketones is 1. The molecule has 8 rings (SSSR count). The largest absolute Gasteiger partial charge is 0.454 e. The number of nitrogens with zero attached hydrogens (tertiary/aromatic N) is 4. The van der Waals surface area contributed by atoms with E-state index in [0.717, 1.165) is 52.8 Å². The molecule has 6 heterocycles. The molecular weight excluding hydrogens is 474 g/mol. The molecule has 1 fully saturated rings. The topological polar surface area (TPSA) is 116 Å². The number of hydrogen-bond acceptors (Lipinski definition) is 9. The molecule has 1 saturated heterocycles. The number of anilines is 2. The smallest absolute Gasteiger partial charge is 0.231 e. The third-order valence-electron chi connectivity index (χ3n) is 8.06. The Morgan fingerprint density at radius 2 is 1.86 bits per heavy atom. The fourth-order valence-electron chi connectivity index (χ4n) is 6.41. The Morgan fingerprint density at radius 3 is 2.64 bits per heavy atom. The SMILES string of the molecule is N#CC1=C(N)N(c2sc3c(c2C#N)C2CCN3CC2)C2=C(C(=O)CCC2)C1c1ccc2c(c1)OCO2. The first-order chi connectivity index (χ1) is 17.6. The number of thiophene rings is 1. The highest BCUT2D eigenvalue weighted by atomic mass is 32.1. The second kappa shape index (κ2) is 7.78. The van der Waals surface area contributed by atoms with E-state index < -0.39 is 5.92 Å². The van der Waals surface area contributed by atoms with E-state index in [9.17, 15) is 15.3 Å². The molecule has 0 spiro atoms. The van der Waals surface area contributed by atoms with E-state index in [-0.39, 0.29) is 12.6 Å². The molecule has 2 bridgehead atoms. The van der Waals surface area contributed by atoms with Gasteiger partial charge >= 0.3 is 0 Å². The second-order valence-corrected chi connectivity index (χ2v) is 10.8. The van der Waals surface area contributed by atoms with Crippen LogP contribution in [0.3, 0.4) is 0 Å². The van der Waals surface area contributed by atoms with Gasteiger partial charge in [0.25, 0.3) is 0 Å². The summed E-state index contributed by atoms with van der Waals surface area (Å²) in [6, 6.07) is 10.3. The lowest BCUT2D eigenvalue weighted by molar-refractivity contribution is -0.116. The number of piperidine rings is 1. The zero-order valence-corrected chi connectivity index (χ0v) is 20.4. The minimum Gasteiger partial charge on any atom is -0.454 e. The van der Waals surface area contributed by atoms with Gasteiger partial charge in [0.05, 0.1) is 28.1 Å². The Bertz CT molecular complexity index is 1480. The number of Topliss-reactive ketones (excluding diaryl/α,β-unsaturated/α-hetero) is 1. The number of fused-ring (bicyclic) bond motifs is 3. The predicted octanol–water partition coefficient (Wildman–Crippen LogP) is 4.35. The Hall–Kier alpha value is -3.95. The highest BCUT2D eigenvalue weighted by molar-refractivity contribution is 7.20. The van der Waals surface area contributed by atoms with Crippen LogP contribution in [-0.4, -0.2) is 25.7 Å². The molecule has 2 N–H and O–H groups in total. The number of rotatable bonds is 2. The van der Waals surface area contributed by atoms with Crippen LogP contribution in [-0.2, 0) is 4.79 Å². The van der Waals surface area contributed by atoms with Crippen molar-refractivity contribution in [1.82, 2.24) is 0 Å². The van der Waals surface area contributed by atoms with Gasteiger partial charge in [-0.25, -0.2) is 0 Å². The van der Waals surface area contributed by atoms with Crippen LogP contribution in [0.5, 0.6) is 11.5 Å². The van der Waals surface area contributed by atoms with Crippen LogP contribution < -0.4 is 25.0 Å². The van der Waals surface area contributed by atoms with Gasteiger partial charge in [-0.15, -0.1) is 0 Å². The summed E-state index contributed by atoms with van der Waals surface area (Å²) in [5.41, 5.74) is 11.0. The molecule has 180 valence electrons. The van der Waals surface area contributed by atoms with Crippen molar-refractivity contribution >= 4 is 27.1 Å². The van der Waals surface area contributed by atoms with Crippen molar-refractivity contribution in [1.29, 1.82) is 10.5 Å². The van der Waals surface area contributed by atoms with Gasteiger partial charge in [0, 0.05) is 36.3 Å². The molecule has 1 aromatic carbocycles. The third-order valence-corrected chi connectivity index (χ3v) is 9.31. The molecule has 0 radical (unpaired) electrons. The summed E-state index contributed by atoms with van der Waals surface area (Å²) < 4.78 is 11.0. The van der Waals surface area contributed by atoms with E-state index in [1.54, 1.807) is 11.3 Å². The number of nitriles is 2. The third kappa shape index (κ3) is 2.81. The summed E-state index contributed by atoms with van der Waals surface area (Å²) in [5.74, 6) is 1.35. The Kier molecular flexibility index (Phi) is 4.61. The highest BCUT2D eigenvalue weighted by Gasteiger charge is 2.44. The lowest BCUT2D eigenvalue weighted by Gasteiger charge is -2.39. The summed E-state index contributed by atoms with van der Waals surface area (Å²) in [6.07, 6.45) is 3.88. The summed E-state index contributed by atoms with van der Waals surface area (Å²) >= 11 is 1.57. The standard InChI is InChI=1S/C27H23N5O3S/c28-11-16-22(15-4-5-20-21(10-15)35-13-34-20)24-18(2-1-3-19(24)33)32(25(16)30)26-17(12-29)23-14-6-8-31(9-7-14)27(23)36-26/h4-5,10,14,22H,1-3,6-9,13,30H2. The average Bonchev–Trinajstić information content (AvgIpc) is 3.54. The van der Waals surface area contributed by atoms with Crippen molar-refractivity contribution in [2.24, 2.45) is 5.73 Å². The quantitative estimate of drug-likeness (QED) is 0.651. The normalized spacial score (nSPS) is 22.5. The number of carbonyl (C=O) groups is 1. The maximum absolute atomic E-state index is 13.5. The van der Waals surface area contributed by atoms with Crippen LogP contribution in [0.4, 0.5) is 10.0 Å². The summed E-state index contributed by atoms with van der Waals surface area (Å²) in [6.45, 7) is 2.14. The van der Waals surface area contributed by atoms with Crippen LogP contribution in [0.15, 0.2) is 40.9 Å². The molecule has 0 amide bonds. The lowest BCUT2D eigenvalue weighted by Crippen LogP contribution is -2.38. The second-order valence-electron chi connectivity index (χ2n) is 9.80. The number of ether oxygens (including phenoxy) is 2. The molecule has 2 aromatic rings. The maximum Gasteiger partial charge on any atom is 0.231 e. The number of hydrogen-bond donors (Lipinski definition) is 1. The fraction of sp³-hybridized carbons (Fsp3) is 0.370. The molecule has 1 unspecified atom stereocenters. The molecular formula is C27H23N5O3S. The van der Waals surface area contributed by atoms with Gasteiger partial charge in [0.2, 0.25) is 6.79 Å². The Balaban J connectivity index is 1.45. The molecule has 9 heteroatoms. The predicted molar refractivity (Wildman–Crippen MR) is 134 cm³/mol. The van der Waals surface area contributed by atoms with Crippen LogP contribution in [0.2, 0.25) is 0 Å². The monoisotopic (exact) mass is 497 g/mol. The van der Waals surface area contributed by atoms with E-state index in [2.05, 4.69) is 17.0 Å². The molecule has 1 atom stereocenters. The maximum atomic E-state index is 13.5. The highest BCUT2D eigenvalue weighted by Crippen LogP contribution is 2.56. The zero-order chi connectivity index (χ0) is 24.6. The van der Waals surface area contributed by atoms with Crippen LogP contribution in [0.25, 0.3) is 0 Å². The number of carbonyl (C=O) groups excluding carboxylic acids is 1. The van der Waals surface area contributed by atoms with Crippen molar-refractivity contribution in [3.05, 3.63) is 57.6 Å². The molecule has 1 aliphatic carbocycles. The first-order valence-corrected chi connectivity index (χ1v) is 13.1. The Morgan fingerprint density at radius 1 is 1.06 bits per heavy atom. The molecule has 1 aromatic heterocycles. The van der Waals surface area contributed by atoms with E-state index in [1.165, 1.54) is 0 Å². The Labute approximate surface area is 212 Å². The van der Waals surface area contributed by atoms with E-state index >= 15 is 0 Å².